The average molecular weight is 245 g/mol. The first-order valence-electron chi connectivity index (χ1n) is 5.49. The molecule has 1 aromatic heterocycles. The smallest absolute Gasteiger partial charge is 0.133 e. The van der Waals surface area contributed by atoms with Gasteiger partial charge in [-0.2, -0.15) is 0 Å². The lowest BCUT2D eigenvalue weighted by Gasteiger charge is -2.22. The van der Waals surface area contributed by atoms with Gasteiger partial charge in [0.05, 0.1) is 5.49 Å². The second-order valence-electron chi connectivity index (χ2n) is 4.03. The van der Waals surface area contributed by atoms with Crippen molar-refractivity contribution in [3.8, 4) is 0 Å². The number of allylic oxidation sites excluding steroid dienone is 1. The van der Waals surface area contributed by atoms with Crippen LogP contribution in [0.4, 0.5) is 5.82 Å². The first-order valence-corrected chi connectivity index (χ1v) is 5.96. The van der Waals surface area contributed by atoms with Gasteiger partial charge in [-0.25, -0.2) is 4.98 Å². The summed E-state index contributed by atoms with van der Waals surface area (Å²) in [7, 11) is 0. The summed E-state index contributed by atoms with van der Waals surface area (Å²) in [4.78, 5) is 6.63. The molecule has 0 spiro atoms. The third kappa shape index (κ3) is 2.91. The molecule has 0 saturated carbocycles. The number of anilines is 1. The Labute approximate surface area is 107 Å². The molecule has 0 unspecified atom stereocenters. The quantitative estimate of drug-likeness (QED) is 0.828. The summed E-state index contributed by atoms with van der Waals surface area (Å²) in [6.45, 7) is 4.90. The standard InChI is InChI=1S/C13H15N3S/c1-10-7-11(2)15-13(8-10)16-5-3-12(4-6-16)14-9-17/h3-5,7-9H,6H2,1-2H3,(H,14,17). The minimum Gasteiger partial charge on any atom is -0.353 e. The van der Waals surface area contributed by atoms with E-state index >= 15 is 0 Å². The lowest BCUT2D eigenvalue weighted by molar-refractivity contribution is 0.982. The van der Waals surface area contributed by atoms with Gasteiger partial charge >= 0.3 is 0 Å². The number of nitrogens with zero attached hydrogens (tertiary/aromatic N) is 2. The van der Waals surface area contributed by atoms with E-state index in [2.05, 4.69) is 40.3 Å². The fourth-order valence-corrected chi connectivity index (χ4v) is 1.94. The normalized spacial score (nSPS) is 14.5. The summed E-state index contributed by atoms with van der Waals surface area (Å²) in [5.41, 5.74) is 4.81. The molecular formula is C13H15N3S. The predicted molar refractivity (Wildman–Crippen MR) is 75.1 cm³/mol. The second-order valence-corrected chi connectivity index (χ2v) is 4.27. The van der Waals surface area contributed by atoms with Crippen molar-refractivity contribution < 1.29 is 0 Å². The summed E-state index contributed by atoms with van der Waals surface area (Å²) in [6, 6.07) is 4.16. The van der Waals surface area contributed by atoms with Crippen LogP contribution < -0.4 is 10.2 Å². The first-order chi connectivity index (χ1) is 8.19. The van der Waals surface area contributed by atoms with E-state index in [9.17, 15) is 0 Å². The van der Waals surface area contributed by atoms with Crippen LogP contribution in [0.1, 0.15) is 11.3 Å². The first kappa shape index (κ1) is 11.8. The molecule has 2 heterocycles. The minimum absolute atomic E-state index is 0.803. The largest absolute Gasteiger partial charge is 0.353 e. The van der Waals surface area contributed by atoms with Gasteiger partial charge in [0.25, 0.3) is 0 Å². The van der Waals surface area contributed by atoms with Crippen molar-refractivity contribution in [1.29, 1.82) is 0 Å². The van der Waals surface area contributed by atoms with Crippen molar-refractivity contribution in [1.82, 2.24) is 10.3 Å². The number of pyridine rings is 1. The van der Waals surface area contributed by atoms with Gasteiger partial charge in [-0.1, -0.05) is 12.2 Å². The Morgan fingerprint density at radius 1 is 1.41 bits per heavy atom. The van der Waals surface area contributed by atoms with Crippen molar-refractivity contribution in [2.45, 2.75) is 13.8 Å². The Hall–Kier alpha value is -1.68. The molecule has 4 heteroatoms. The van der Waals surface area contributed by atoms with Gasteiger partial charge in [-0.05, 0) is 43.7 Å². The monoisotopic (exact) mass is 245 g/mol. The van der Waals surface area contributed by atoms with E-state index in [-0.39, 0.29) is 0 Å². The number of aromatic nitrogens is 1. The molecule has 0 amide bonds. The number of rotatable bonds is 3. The summed E-state index contributed by atoms with van der Waals surface area (Å²) in [5, 5.41) is 3.00. The van der Waals surface area contributed by atoms with E-state index in [4.69, 9.17) is 12.2 Å². The lowest BCUT2D eigenvalue weighted by atomic mass is 10.2. The molecule has 1 aliphatic heterocycles. The zero-order valence-electron chi connectivity index (χ0n) is 9.97. The van der Waals surface area contributed by atoms with E-state index in [1.54, 1.807) is 0 Å². The van der Waals surface area contributed by atoms with Gasteiger partial charge in [0, 0.05) is 24.1 Å². The fraction of sp³-hybridized carbons (Fsp3) is 0.231. The summed E-state index contributed by atoms with van der Waals surface area (Å²) >= 11 is 4.75. The maximum absolute atomic E-state index is 4.75. The number of aryl methyl sites for hydroxylation is 2. The van der Waals surface area contributed by atoms with Crippen molar-refractivity contribution in [2.75, 3.05) is 11.4 Å². The molecule has 1 N–H and O–H groups in total. The molecule has 1 aromatic rings. The van der Waals surface area contributed by atoms with Gasteiger partial charge in [0.2, 0.25) is 0 Å². The molecule has 1 aliphatic rings. The highest BCUT2D eigenvalue weighted by Gasteiger charge is 2.08. The van der Waals surface area contributed by atoms with E-state index in [0.29, 0.717) is 0 Å². The maximum Gasteiger partial charge on any atom is 0.133 e. The zero-order valence-corrected chi connectivity index (χ0v) is 10.8. The average Bonchev–Trinajstić information content (AvgIpc) is 2.29. The molecule has 0 bridgehead atoms. The molecular weight excluding hydrogens is 230 g/mol. The molecule has 0 aromatic carbocycles. The van der Waals surface area contributed by atoms with E-state index in [1.807, 2.05) is 19.2 Å². The van der Waals surface area contributed by atoms with Crippen molar-refractivity contribution in [3.63, 3.8) is 0 Å². The fourth-order valence-electron chi connectivity index (χ4n) is 1.81. The van der Waals surface area contributed by atoms with Gasteiger partial charge in [-0.15, -0.1) is 0 Å². The van der Waals surface area contributed by atoms with Crippen LogP contribution in [-0.2, 0) is 0 Å². The third-order valence-corrected chi connectivity index (χ3v) is 2.66. The SMILES string of the molecule is Cc1cc(C)nc(N2C=CC(NC=S)=CC2)c1. The number of thiocarbonyl (C=S) groups is 1. The van der Waals surface area contributed by atoms with Crippen LogP contribution >= 0.6 is 12.2 Å². The van der Waals surface area contributed by atoms with Gasteiger partial charge in [0.15, 0.2) is 0 Å². The summed E-state index contributed by atoms with van der Waals surface area (Å²) in [6.07, 6.45) is 6.09. The van der Waals surface area contributed by atoms with E-state index in [0.717, 1.165) is 23.8 Å². The third-order valence-electron chi connectivity index (χ3n) is 2.55. The Kier molecular flexibility index (Phi) is 3.54. The lowest BCUT2D eigenvalue weighted by Crippen LogP contribution is -2.23. The zero-order chi connectivity index (χ0) is 12.3. The van der Waals surface area contributed by atoms with E-state index in [1.165, 1.54) is 11.1 Å². The van der Waals surface area contributed by atoms with Gasteiger partial charge in [-0.3, -0.25) is 0 Å². The van der Waals surface area contributed by atoms with Gasteiger partial charge in [0.1, 0.15) is 5.82 Å². The Bertz CT molecular complexity index is 471. The van der Waals surface area contributed by atoms with E-state index < -0.39 is 0 Å². The Balaban J connectivity index is 2.16. The van der Waals surface area contributed by atoms with Crippen LogP contribution in [0.5, 0.6) is 0 Å². The number of nitrogens with one attached hydrogen (secondary N) is 1. The van der Waals surface area contributed by atoms with Crippen LogP contribution in [0.2, 0.25) is 0 Å². The highest BCUT2D eigenvalue weighted by molar-refractivity contribution is 7.78. The molecule has 0 radical (unpaired) electrons. The molecule has 0 fully saturated rings. The van der Waals surface area contributed by atoms with Gasteiger partial charge < -0.3 is 10.2 Å². The molecule has 17 heavy (non-hydrogen) atoms. The van der Waals surface area contributed by atoms with Crippen LogP contribution in [0.15, 0.2) is 36.2 Å². The van der Waals surface area contributed by atoms with Crippen molar-refractivity contribution in [2.24, 2.45) is 0 Å². The molecule has 0 saturated heterocycles. The van der Waals surface area contributed by atoms with Crippen LogP contribution in [-0.4, -0.2) is 17.0 Å². The van der Waals surface area contributed by atoms with Crippen molar-refractivity contribution in [3.05, 3.63) is 47.4 Å². The minimum atomic E-state index is 0.803. The Morgan fingerprint density at radius 2 is 2.24 bits per heavy atom. The predicted octanol–water partition coefficient (Wildman–Crippen LogP) is 2.46. The Morgan fingerprint density at radius 3 is 2.82 bits per heavy atom. The topological polar surface area (TPSA) is 28.2 Å². The van der Waals surface area contributed by atoms with Crippen LogP contribution in [0.3, 0.4) is 0 Å². The number of hydrogen-bond donors (Lipinski definition) is 1. The number of hydrogen-bond acceptors (Lipinski definition) is 3. The second kappa shape index (κ2) is 5.10. The molecule has 0 aliphatic carbocycles. The highest BCUT2D eigenvalue weighted by atomic mass is 32.1. The van der Waals surface area contributed by atoms with Crippen LogP contribution in [0.25, 0.3) is 0 Å². The summed E-state index contributed by atoms with van der Waals surface area (Å²) < 4.78 is 0. The molecule has 3 nitrogen and oxygen atoms in total. The molecule has 88 valence electrons. The highest BCUT2D eigenvalue weighted by Crippen LogP contribution is 2.17. The molecule has 0 atom stereocenters. The van der Waals surface area contributed by atoms with Crippen molar-refractivity contribution >= 4 is 23.5 Å². The summed E-state index contributed by atoms with van der Waals surface area (Å²) in [5.74, 6) is 0.983. The van der Waals surface area contributed by atoms with Crippen LogP contribution in [0, 0.1) is 13.8 Å². The molecule has 2 rings (SSSR count). The maximum atomic E-state index is 4.75.